The number of hydrogen-bond acceptors (Lipinski definition) is 2. The van der Waals surface area contributed by atoms with Crippen LogP contribution in [0.4, 0.5) is 0 Å². The summed E-state index contributed by atoms with van der Waals surface area (Å²) in [6.45, 7) is 4.31. The summed E-state index contributed by atoms with van der Waals surface area (Å²) in [6, 6.07) is 18.8. The third kappa shape index (κ3) is 2.77. The summed E-state index contributed by atoms with van der Waals surface area (Å²) in [5.74, 6) is 1.00. The van der Waals surface area contributed by atoms with Crippen LogP contribution in [0.3, 0.4) is 0 Å². The summed E-state index contributed by atoms with van der Waals surface area (Å²) in [4.78, 5) is 15.5. The molecule has 1 aliphatic heterocycles. The highest BCUT2D eigenvalue weighted by Gasteiger charge is 2.55. The lowest BCUT2D eigenvalue weighted by Crippen LogP contribution is -2.38. The molecule has 1 heterocycles. The first-order valence-electron chi connectivity index (χ1n) is 9.26. The molecule has 0 radical (unpaired) electrons. The highest BCUT2D eigenvalue weighted by atomic mass is 16.2. The van der Waals surface area contributed by atoms with Gasteiger partial charge in [0.25, 0.3) is 0 Å². The molecular weight excluding hydrogens is 308 g/mol. The fraction of sp³-hybridized carbons (Fsp3) is 0.409. The van der Waals surface area contributed by atoms with Gasteiger partial charge in [0.1, 0.15) is 0 Å². The monoisotopic (exact) mass is 334 g/mol. The first-order chi connectivity index (χ1) is 12.2. The van der Waals surface area contributed by atoms with E-state index in [1.165, 1.54) is 16.7 Å². The summed E-state index contributed by atoms with van der Waals surface area (Å²) >= 11 is 0. The molecule has 2 N–H and O–H groups in total. The fourth-order valence-electron chi connectivity index (χ4n) is 4.49. The minimum absolute atomic E-state index is 0.282. The Hall–Kier alpha value is -2.13. The molecule has 0 bridgehead atoms. The second-order valence-corrected chi connectivity index (χ2v) is 7.62. The van der Waals surface area contributed by atoms with Crippen LogP contribution in [0.25, 0.3) is 0 Å². The van der Waals surface area contributed by atoms with E-state index in [0.29, 0.717) is 24.3 Å². The van der Waals surface area contributed by atoms with Crippen LogP contribution in [0.15, 0.2) is 54.6 Å². The van der Waals surface area contributed by atoms with Crippen molar-refractivity contribution in [2.24, 2.45) is 11.7 Å². The number of amides is 1. The predicted molar refractivity (Wildman–Crippen MR) is 100 cm³/mol. The number of likely N-dealkylation sites (tertiary alicyclic amines) is 1. The molecule has 0 unspecified atom stereocenters. The number of carbonyl (C=O) groups excluding carboxylic acids is 1. The smallest absolute Gasteiger partial charge is 0.233 e. The molecule has 130 valence electrons. The highest BCUT2D eigenvalue weighted by Crippen LogP contribution is 2.51. The first kappa shape index (κ1) is 16.3. The topological polar surface area (TPSA) is 46.3 Å². The third-order valence-corrected chi connectivity index (χ3v) is 6.08. The molecule has 2 aromatic carbocycles. The number of aryl methyl sites for hydroxylation is 1. The van der Waals surface area contributed by atoms with Crippen LogP contribution >= 0.6 is 0 Å². The van der Waals surface area contributed by atoms with Gasteiger partial charge in [-0.3, -0.25) is 4.79 Å². The van der Waals surface area contributed by atoms with E-state index in [1.54, 1.807) is 0 Å². The van der Waals surface area contributed by atoms with Crippen LogP contribution < -0.4 is 5.73 Å². The lowest BCUT2D eigenvalue weighted by Gasteiger charge is -2.25. The third-order valence-electron chi connectivity index (χ3n) is 6.08. The second-order valence-electron chi connectivity index (χ2n) is 7.62. The summed E-state index contributed by atoms with van der Waals surface area (Å²) in [6.07, 6.45) is 1.94. The van der Waals surface area contributed by atoms with Gasteiger partial charge in [-0.2, -0.15) is 0 Å². The molecular formula is C22H26N2O. The Morgan fingerprint density at radius 1 is 1.08 bits per heavy atom. The normalized spacial score (nSPS) is 24.3. The quantitative estimate of drug-likeness (QED) is 0.933. The summed E-state index contributed by atoms with van der Waals surface area (Å²) in [5.41, 5.74) is 9.50. The summed E-state index contributed by atoms with van der Waals surface area (Å²) in [5, 5.41) is 0. The van der Waals surface area contributed by atoms with E-state index < -0.39 is 0 Å². The molecule has 0 aromatic heterocycles. The van der Waals surface area contributed by atoms with Gasteiger partial charge in [-0.05, 0) is 48.9 Å². The Bertz CT molecular complexity index is 767. The Labute approximate surface area is 149 Å². The van der Waals surface area contributed by atoms with Crippen LogP contribution in [0.5, 0.6) is 0 Å². The van der Waals surface area contributed by atoms with E-state index in [0.717, 1.165) is 25.9 Å². The minimum Gasteiger partial charge on any atom is -0.341 e. The van der Waals surface area contributed by atoms with Crippen molar-refractivity contribution >= 4 is 5.91 Å². The lowest BCUT2D eigenvalue weighted by atomic mass is 9.89. The fourth-order valence-corrected chi connectivity index (χ4v) is 4.49. The van der Waals surface area contributed by atoms with E-state index in [1.807, 2.05) is 12.1 Å². The average Bonchev–Trinajstić information content (AvgIpc) is 3.34. The number of hydrogen-bond donors (Lipinski definition) is 1. The molecule has 2 fully saturated rings. The second kappa shape index (κ2) is 6.30. The zero-order valence-corrected chi connectivity index (χ0v) is 14.8. The van der Waals surface area contributed by atoms with Crippen molar-refractivity contribution in [3.63, 3.8) is 0 Å². The van der Waals surface area contributed by atoms with Gasteiger partial charge in [-0.25, -0.2) is 0 Å². The van der Waals surface area contributed by atoms with E-state index in [-0.39, 0.29) is 5.41 Å². The van der Waals surface area contributed by atoms with E-state index >= 15 is 0 Å². The van der Waals surface area contributed by atoms with Crippen LogP contribution in [0, 0.1) is 12.8 Å². The number of nitrogens with zero attached hydrogens (tertiary/aromatic N) is 1. The Morgan fingerprint density at radius 3 is 2.40 bits per heavy atom. The molecule has 2 atom stereocenters. The molecule has 3 nitrogen and oxygen atoms in total. The van der Waals surface area contributed by atoms with Crippen molar-refractivity contribution in [1.82, 2.24) is 4.90 Å². The molecule has 1 saturated heterocycles. The lowest BCUT2D eigenvalue weighted by molar-refractivity contribution is -0.133. The first-order valence-corrected chi connectivity index (χ1v) is 9.26. The molecule has 2 aromatic rings. The van der Waals surface area contributed by atoms with E-state index in [9.17, 15) is 4.79 Å². The maximum atomic E-state index is 13.4. The summed E-state index contributed by atoms with van der Waals surface area (Å²) < 4.78 is 0. The van der Waals surface area contributed by atoms with Crippen molar-refractivity contribution in [2.45, 2.75) is 31.1 Å². The van der Waals surface area contributed by atoms with Gasteiger partial charge in [-0.1, -0.05) is 54.6 Å². The van der Waals surface area contributed by atoms with Gasteiger partial charge in [0, 0.05) is 19.0 Å². The van der Waals surface area contributed by atoms with Gasteiger partial charge in [0.2, 0.25) is 5.91 Å². The van der Waals surface area contributed by atoms with Crippen molar-refractivity contribution < 1.29 is 4.79 Å². The van der Waals surface area contributed by atoms with E-state index in [4.69, 9.17) is 5.73 Å². The number of benzene rings is 2. The zero-order valence-electron chi connectivity index (χ0n) is 14.8. The molecule has 3 heteroatoms. The predicted octanol–water partition coefficient (Wildman–Crippen LogP) is 3.23. The maximum absolute atomic E-state index is 13.4. The molecule has 4 rings (SSSR count). The van der Waals surface area contributed by atoms with Gasteiger partial charge >= 0.3 is 0 Å². The van der Waals surface area contributed by atoms with E-state index in [2.05, 4.69) is 54.3 Å². The van der Waals surface area contributed by atoms with Crippen molar-refractivity contribution in [1.29, 1.82) is 0 Å². The molecule has 25 heavy (non-hydrogen) atoms. The van der Waals surface area contributed by atoms with Crippen molar-refractivity contribution in [3.8, 4) is 0 Å². The SMILES string of the molecule is Cc1ccccc1C1(C(=O)N2C[C@@H](CN)[C@H](c3ccccc3)C2)CC1. The minimum atomic E-state index is -0.282. The van der Waals surface area contributed by atoms with Crippen molar-refractivity contribution in [2.75, 3.05) is 19.6 Å². The highest BCUT2D eigenvalue weighted by molar-refractivity contribution is 5.92. The van der Waals surface area contributed by atoms with Crippen LogP contribution in [-0.4, -0.2) is 30.4 Å². The Kier molecular flexibility index (Phi) is 4.12. The van der Waals surface area contributed by atoms with Crippen molar-refractivity contribution in [3.05, 3.63) is 71.3 Å². The largest absolute Gasteiger partial charge is 0.341 e. The van der Waals surface area contributed by atoms with Gasteiger partial charge in [-0.15, -0.1) is 0 Å². The van der Waals surface area contributed by atoms with Crippen LogP contribution in [-0.2, 0) is 10.2 Å². The maximum Gasteiger partial charge on any atom is 0.233 e. The zero-order chi connectivity index (χ0) is 17.4. The van der Waals surface area contributed by atoms with Gasteiger partial charge in [0.15, 0.2) is 0 Å². The van der Waals surface area contributed by atoms with Crippen LogP contribution in [0.2, 0.25) is 0 Å². The van der Waals surface area contributed by atoms with Gasteiger partial charge < -0.3 is 10.6 Å². The van der Waals surface area contributed by atoms with Gasteiger partial charge in [0.05, 0.1) is 5.41 Å². The van der Waals surface area contributed by atoms with Crippen LogP contribution in [0.1, 0.15) is 35.4 Å². The number of rotatable bonds is 4. The Balaban J connectivity index is 1.59. The molecule has 1 amide bonds. The average molecular weight is 334 g/mol. The molecule has 2 aliphatic rings. The Morgan fingerprint density at radius 2 is 1.76 bits per heavy atom. The molecule has 1 aliphatic carbocycles. The molecule has 0 spiro atoms. The molecule has 1 saturated carbocycles. The number of nitrogens with two attached hydrogens (primary N) is 1. The number of carbonyl (C=O) groups is 1. The summed E-state index contributed by atoms with van der Waals surface area (Å²) in [7, 11) is 0. The standard InChI is InChI=1S/C22H26N2O/c1-16-7-5-6-10-20(16)22(11-12-22)21(25)24-14-18(13-23)19(15-24)17-8-3-2-4-9-17/h2-10,18-19H,11-15,23H2,1H3/t18-,19+/m1/s1.